The van der Waals surface area contributed by atoms with Crippen LogP contribution in [0, 0.1) is 0 Å². The molecule has 2 N–H and O–H groups in total. The molecular formula is C21H26FN3O4S. The number of rotatable bonds is 11. The molecule has 0 saturated carbocycles. The van der Waals surface area contributed by atoms with E-state index in [-0.39, 0.29) is 24.2 Å². The number of hydrogen-bond donors (Lipinski definition) is 2. The highest BCUT2D eigenvalue weighted by Crippen LogP contribution is 2.22. The number of carbonyl (C=O) groups is 2. The van der Waals surface area contributed by atoms with Gasteiger partial charge in [0.1, 0.15) is 12.7 Å². The van der Waals surface area contributed by atoms with Gasteiger partial charge in [0.2, 0.25) is 5.91 Å². The van der Waals surface area contributed by atoms with E-state index in [0.717, 1.165) is 17.1 Å². The minimum absolute atomic E-state index is 0.250. The van der Waals surface area contributed by atoms with Gasteiger partial charge in [-0.25, -0.2) is 9.37 Å². The summed E-state index contributed by atoms with van der Waals surface area (Å²) in [5, 5.41) is 12.2. The van der Waals surface area contributed by atoms with E-state index in [0.29, 0.717) is 10.9 Å². The molecule has 1 amide bonds. The topological polar surface area (TPSA) is 101 Å². The maximum Gasteiger partial charge on any atom is 0.261 e. The lowest BCUT2D eigenvalue weighted by atomic mass is 10.1. The predicted molar refractivity (Wildman–Crippen MR) is 116 cm³/mol. The fourth-order valence-electron chi connectivity index (χ4n) is 3.00. The van der Waals surface area contributed by atoms with E-state index in [1.807, 2.05) is 6.07 Å². The van der Waals surface area contributed by atoms with Crippen molar-refractivity contribution in [1.82, 2.24) is 14.9 Å². The van der Waals surface area contributed by atoms with E-state index >= 15 is 0 Å². The Kier molecular flexibility index (Phi) is 8.58. The summed E-state index contributed by atoms with van der Waals surface area (Å²) in [7, 11) is 0. The molecular weight excluding hydrogens is 409 g/mol. The molecule has 7 nitrogen and oxygen atoms in total. The summed E-state index contributed by atoms with van der Waals surface area (Å²) in [5.41, 5.74) is 0.148. The molecule has 162 valence electrons. The lowest BCUT2D eigenvalue weighted by molar-refractivity contribution is -0.130. The van der Waals surface area contributed by atoms with Crippen LogP contribution in [0.15, 0.2) is 46.6 Å². The monoisotopic (exact) mass is 435 g/mol. The summed E-state index contributed by atoms with van der Waals surface area (Å²) in [6.07, 6.45) is 2.25. The van der Waals surface area contributed by atoms with E-state index in [9.17, 15) is 23.9 Å². The van der Waals surface area contributed by atoms with Gasteiger partial charge in [-0.3, -0.25) is 19.0 Å². The number of hydrogen-bond acceptors (Lipinski definition) is 6. The molecule has 0 radical (unpaired) electrons. The SMILES string of the molecule is C=C(O)CC(NC(=O)[C@H](CC)n1cnc2ccc(SCCC)cc2c1=O)C(=O)CF. The van der Waals surface area contributed by atoms with E-state index in [2.05, 4.69) is 23.8 Å². The number of amides is 1. The average Bonchev–Trinajstić information content (AvgIpc) is 2.73. The van der Waals surface area contributed by atoms with Crippen molar-refractivity contribution in [1.29, 1.82) is 0 Å². The Hall–Kier alpha value is -2.68. The van der Waals surface area contributed by atoms with E-state index in [1.54, 1.807) is 30.8 Å². The Morgan fingerprint density at radius 2 is 2.10 bits per heavy atom. The molecule has 1 unspecified atom stereocenters. The summed E-state index contributed by atoms with van der Waals surface area (Å²) in [5.74, 6) is -0.947. The average molecular weight is 436 g/mol. The third-order valence-electron chi connectivity index (χ3n) is 4.53. The van der Waals surface area contributed by atoms with Crippen LogP contribution in [-0.4, -0.2) is 44.8 Å². The molecule has 0 spiro atoms. The van der Waals surface area contributed by atoms with Crippen LogP contribution < -0.4 is 10.9 Å². The van der Waals surface area contributed by atoms with Gasteiger partial charge in [0.15, 0.2) is 5.78 Å². The molecule has 0 aliphatic heterocycles. The maximum absolute atomic E-state index is 13.1. The summed E-state index contributed by atoms with van der Waals surface area (Å²) in [6, 6.07) is 3.23. The first-order valence-electron chi connectivity index (χ1n) is 9.71. The number of carbonyl (C=O) groups excluding carboxylic acids is 2. The van der Waals surface area contributed by atoms with Crippen molar-refractivity contribution in [2.24, 2.45) is 0 Å². The maximum atomic E-state index is 13.1. The minimum atomic E-state index is -1.29. The molecule has 30 heavy (non-hydrogen) atoms. The Bertz CT molecular complexity index is 992. The van der Waals surface area contributed by atoms with Gasteiger partial charge in [0.05, 0.1) is 29.0 Å². The second-order valence-electron chi connectivity index (χ2n) is 6.84. The fraction of sp³-hybridized carbons (Fsp3) is 0.429. The van der Waals surface area contributed by atoms with Gasteiger partial charge in [-0.2, -0.15) is 0 Å². The van der Waals surface area contributed by atoms with Gasteiger partial charge in [-0.05, 0) is 36.8 Å². The molecule has 2 rings (SSSR count). The number of aromatic nitrogens is 2. The van der Waals surface area contributed by atoms with Crippen molar-refractivity contribution in [3.63, 3.8) is 0 Å². The van der Waals surface area contributed by atoms with Crippen molar-refractivity contribution >= 4 is 34.4 Å². The highest BCUT2D eigenvalue weighted by Gasteiger charge is 2.27. The molecule has 1 aromatic carbocycles. The van der Waals surface area contributed by atoms with Crippen LogP contribution in [0.25, 0.3) is 10.9 Å². The first kappa shape index (κ1) is 23.6. The van der Waals surface area contributed by atoms with Crippen LogP contribution in [0.5, 0.6) is 0 Å². The van der Waals surface area contributed by atoms with Crippen LogP contribution in [-0.2, 0) is 9.59 Å². The third-order valence-corrected chi connectivity index (χ3v) is 5.73. The number of aliphatic hydroxyl groups excluding tert-OH is 1. The number of ketones is 1. The summed E-state index contributed by atoms with van der Waals surface area (Å²) in [4.78, 5) is 42.9. The molecule has 2 atom stereocenters. The Balaban J connectivity index is 2.37. The van der Waals surface area contributed by atoms with Crippen LogP contribution in [0.4, 0.5) is 4.39 Å². The van der Waals surface area contributed by atoms with Gasteiger partial charge in [0, 0.05) is 11.3 Å². The van der Waals surface area contributed by atoms with Gasteiger partial charge >= 0.3 is 0 Å². The largest absolute Gasteiger partial charge is 0.513 e. The lowest BCUT2D eigenvalue weighted by Gasteiger charge is -2.22. The zero-order chi connectivity index (χ0) is 22.3. The van der Waals surface area contributed by atoms with Crippen molar-refractivity contribution < 1.29 is 19.1 Å². The number of benzene rings is 1. The van der Waals surface area contributed by atoms with Gasteiger partial charge in [0.25, 0.3) is 5.56 Å². The lowest BCUT2D eigenvalue weighted by Crippen LogP contribution is -2.46. The summed E-state index contributed by atoms with van der Waals surface area (Å²) < 4.78 is 14.0. The highest BCUT2D eigenvalue weighted by molar-refractivity contribution is 7.99. The van der Waals surface area contributed by atoms with Crippen LogP contribution in [0.1, 0.15) is 39.2 Å². The van der Waals surface area contributed by atoms with Crippen molar-refractivity contribution in [3.05, 3.63) is 47.2 Å². The van der Waals surface area contributed by atoms with E-state index in [4.69, 9.17) is 0 Å². The van der Waals surface area contributed by atoms with E-state index < -0.39 is 30.4 Å². The fourth-order valence-corrected chi connectivity index (χ4v) is 3.80. The van der Waals surface area contributed by atoms with Crippen molar-refractivity contribution in [2.45, 2.75) is 50.1 Å². The number of alkyl halides is 1. The van der Waals surface area contributed by atoms with Gasteiger partial charge in [-0.15, -0.1) is 11.8 Å². The van der Waals surface area contributed by atoms with Crippen molar-refractivity contribution in [2.75, 3.05) is 12.4 Å². The van der Waals surface area contributed by atoms with Gasteiger partial charge in [-0.1, -0.05) is 20.4 Å². The van der Waals surface area contributed by atoms with Crippen molar-refractivity contribution in [3.8, 4) is 0 Å². The van der Waals surface area contributed by atoms with Crippen LogP contribution >= 0.6 is 11.8 Å². The Labute approximate surface area is 178 Å². The molecule has 0 bridgehead atoms. The molecule has 0 aliphatic rings. The molecule has 1 aromatic heterocycles. The molecule has 0 fully saturated rings. The van der Waals surface area contributed by atoms with Crippen LogP contribution in [0.2, 0.25) is 0 Å². The van der Waals surface area contributed by atoms with E-state index in [1.165, 1.54) is 10.9 Å². The molecule has 9 heteroatoms. The molecule has 2 aromatic rings. The third kappa shape index (κ3) is 5.69. The number of nitrogens with zero attached hydrogens (tertiary/aromatic N) is 2. The number of fused-ring (bicyclic) bond motifs is 1. The zero-order valence-electron chi connectivity index (χ0n) is 17.1. The number of halogens is 1. The summed E-state index contributed by atoms with van der Waals surface area (Å²) in [6.45, 7) is 5.78. The Morgan fingerprint density at radius 1 is 1.37 bits per heavy atom. The Morgan fingerprint density at radius 3 is 2.70 bits per heavy atom. The second-order valence-corrected chi connectivity index (χ2v) is 8.01. The highest BCUT2D eigenvalue weighted by atomic mass is 32.2. The van der Waals surface area contributed by atoms with Crippen LogP contribution in [0.3, 0.4) is 0 Å². The zero-order valence-corrected chi connectivity index (χ0v) is 17.9. The second kappa shape index (κ2) is 10.9. The number of Topliss-reactive ketones (excluding diaryl/α,β-unsaturated/α-hetero) is 1. The quantitative estimate of drug-likeness (QED) is 0.415. The smallest absolute Gasteiger partial charge is 0.261 e. The predicted octanol–water partition coefficient (Wildman–Crippen LogP) is 3.33. The number of aliphatic hydroxyl groups is 1. The standard InChI is InChI=1S/C21H26FN3O4S/c1-4-8-30-14-6-7-16-15(10-14)21(29)25(12-23-16)18(5-2)20(28)24-17(9-13(3)26)19(27)11-22/h6-7,10,12,17-18,26H,3-5,8-9,11H2,1-2H3,(H,24,28)/t17?,18-/m0/s1. The first-order valence-corrected chi connectivity index (χ1v) is 10.7. The summed E-state index contributed by atoms with van der Waals surface area (Å²) >= 11 is 1.63. The molecule has 1 heterocycles. The first-order chi connectivity index (χ1) is 14.3. The number of thioether (sulfide) groups is 1. The normalized spacial score (nSPS) is 13.0. The van der Waals surface area contributed by atoms with Gasteiger partial charge < -0.3 is 10.4 Å². The minimum Gasteiger partial charge on any atom is -0.513 e. The number of nitrogens with one attached hydrogen (secondary N) is 1. The molecule has 0 saturated heterocycles. The molecule has 0 aliphatic carbocycles.